The van der Waals surface area contributed by atoms with Crippen LogP contribution < -0.4 is 0 Å². The van der Waals surface area contributed by atoms with Crippen LogP contribution in [-0.2, 0) is 16.2 Å². The van der Waals surface area contributed by atoms with Crippen molar-refractivity contribution in [3.63, 3.8) is 0 Å². The molecule has 27 heavy (non-hydrogen) atoms. The summed E-state index contributed by atoms with van der Waals surface area (Å²) in [4.78, 5) is 1.90. The number of benzene rings is 1. The Morgan fingerprint density at radius 2 is 1.85 bits per heavy atom. The summed E-state index contributed by atoms with van der Waals surface area (Å²) >= 11 is 0. The first-order valence-electron chi connectivity index (χ1n) is 8.60. The minimum Gasteiger partial charge on any atom is -0.292 e. The number of nitrogens with zero attached hydrogens (tertiary/aromatic N) is 2. The zero-order valence-electron chi connectivity index (χ0n) is 15.2. The van der Waals surface area contributed by atoms with E-state index < -0.39 is 21.8 Å². The monoisotopic (exact) mass is 400 g/mol. The lowest BCUT2D eigenvalue weighted by Crippen LogP contribution is -2.38. The Morgan fingerprint density at radius 1 is 1.26 bits per heavy atom. The third-order valence-electron chi connectivity index (χ3n) is 4.37. The van der Waals surface area contributed by atoms with E-state index in [1.807, 2.05) is 11.9 Å². The number of likely N-dealkylation sites (N-methyl/N-ethyl adjacent to an activating group) is 1. The molecule has 0 spiro atoms. The van der Waals surface area contributed by atoms with E-state index in [9.17, 15) is 21.6 Å². The number of alkyl halides is 3. The Bertz CT molecular complexity index is 800. The predicted octanol–water partition coefficient (Wildman–Crippen LogP) is 3.23. The molecule has 1 fully saturated rings. The molecule has 1 heterocycles. The van der Waals surface area contributed by atoms with Crippen LogP contribution in [0.15, 0.2) is 41.8 Å². The van der Waals surface area contributed by atoms with Gasteiger partial charge in [0, 0.05) is 25.6 Å². The molecule has 148 valence electrons. The number of piperidine rings is 1. The second kappa shape index (κ2) is 8.91. The summed E-state index contributed by atoms with van der Waals surface area (Å²) < 4.78 is 64.4. The number of rotatable bonds is 5. The molecule has 4 nitrogen and oxygen atoms in total. The minimum absolute atomic E-state index is 0.119. The molecule has 0 saturated carbocycles. The van der Waals surface area contributed by atoms with Gasteiger partial charge in [0.2, 0.25) is 10.0 Å². The third-order valence-corrected chi connectivity index (χ3v) is 6.28. The van der Waals surface area contributed by atoms with Crippen LogP contribution in [0, 0.1) is 17.8 Å². The van der Waals surface area contributed by atoms with E-state index in [-0.39, 0.29) is 10.8 Å². The van der Waals surface area contributed by atoms with Crippen molar-refractivity contribution in [3.05, 3.63) is 42.5 Å². The zero-order valence-corrected chi connectivity index (χ0v) is 16.0. The summed E-state index contributed by atoms with van der Waals surface area (Å²) in [5, 5.41) is 0. The molecule has 0 unspecified atom stereocenters. The van der Waals surface area contributed by atoms with Gasteiger partial charge in [0.25, 0.3) is 0 Å². The van der Waals surface area contributed by atoms with Gasteiger partial charge in [0.05, 0.1) is 17.0 Å². The highest BCUT2D eigenvalue weighted by molar-refractivity contribution is 7.89. The molecular weight excluding hydrogens is 377 g/mol. The second-order valence-corrected chi connectivity index (χ2v) is 8.44. The molecule has 0 N–H and O–H groups in total. The van der Waals surface area contributed by atoms with Gasteiger partial charge in [-0.15, -0.1) is 6.58 Å². The van der Waals surface area contributed by atoms with Gasteiger partial charge in [-0.05, 0) is 44.2 Å². The van der Waals surface area contributed by atoms with Gasteiger partial charge in [0.1, 0.15) is 0 Å². The highest BCUT2D eigenvalue weighted by Crippen LogP contribution is 2.30. The zero-order chi connectivity index (χ0) is 20.1. The minimum atomic E-state index is -4.49. The maximum atomic E-state index is 12.6. The van der Waals surface area contributed by atoms with Crippen LogP contribution >= 0.6 is 0 Å². The number of hydrogen-bond donors (Lipinski definition) is 0. The van der Waals surface area contributed by atoms with Crippen LogP contribution in [0.2, 0.25) is 0 Å². The van der Waals surface area contributed by atoms with Crippen molar-refractivity contribution in [1.82, 2.24) is 9.21 Å². The van der Waals surface area contributed by atoms with Gasteiger partial charge in [-0.3, -0.25) is 4.90 Å². The highest BCUT2D eigenvalue weighted by atomic mass is 32.2. The lowest BCUT2D eigenvalue weighted by atomic mass is 9.99. The predicted molar refractivity (Wildman–Crippen MR) is 98.4 cm³/mol. The molecule has 8 heteroatoms. The maximum absolute atomic E-state index is 12.6. The van der Waals surface area contributed by atoms with E-state index >= 15 is 0 Å². The van der Waals surface area contributed by atoms with E-state index in [1.165, 1.54) is 4.31 Å². The molecule has 0 radical (unpaired) electrons. The van der Waals surface area contributed by atoms with Gasteiger partial charge < -0.3 is 0 Å². The summed E-state index contributed by atoms with van der Waals surface area (Å²) in [6.45, 7) is 5.65. The Hall–Kier alpha value is -1.82. The van der Waals surface area contributed by atoms with E-state index in [0.717, 1.165) is 30.8 Å². The molecule has 0 atom stereocenters. The average Bonchev–Trinajstić information content (AvgIpc) is 2.62. The van der Waals surface area contributed by atoms with Crippen molar-refractivity contribution in [1.29, 1.82) is 0 Å². The largest absolute Gasteiger partial charge is 0.416 e. The Kier molecular flexibility index (Phi) is 7.09. The van der Waals surface area contributed by atoms with Gasteiger partial charge in [-0.1, -0.05) is 17.9 Å². The van der Waals surface area contributed by atoms with Crippen molar-refractivity contribution in [2.45, 2.75) is 23.9 Å². The van der Waals surface area contributed by atoms with Crippen LogP contribution in [0.25, 0.3) is 0 Å². The first kappa shape index (κ1) is 21.5. The molecule has 1 saturated heterocycles. The summed E-state index contributed by atoms with van der Waals surface area (Å²) in [6.07, 6.45) is -1.47. The molecule has 0 aliphatic carbocycles. The lowest BCUT2D eigenvalue weighted by molar-refractivity contribution is -0.137. The van der Waals surface area contributed by atoms with Gasteiger partial charge >= 0.3 is 6.18 Å². The SMILES string of the molecule is C=CCN(C)CC#CC1CCN(S(=O)(=O)c2ccc(C(F)(F)F)cc2)CC1. The average molecular weight is 400 g/mol. The smallest absolute Gasteiger partial charge is 0.292 e. The third kappa shape index (κ3) is 5.83. The van der Waals surface area contributed by atoms with Crippen LogP contribution in [-0.4, -0.2) is 50.8 Å². The normalized spacial score (nSPS) is 16.8. The number of sulfonamides is 1. The van der Waals surface area contributed by atoms with Crippen LogP contribution in [0.3, 0.4) is 0 Å². The Morgan fingerprint density at radius 3 is 2.37 bits per heavy atom. The molecule has 0 amide bonds. The molecule has 0 bridgehead atoms. The molecule has 1 aromatic rings. The molecule has 1 aliphatic rings. The Labute approximate surface area is 158 Å². The van der Waals surface area contributed by atoms with Gasteiger partial charge in [0.15, 0.2) is 0 Å². The second-order valence-electron chi connectivity index (χ2n) is 6.51. The van der Waals surface area contributed by atoms with Gasteiger partial charge in [-0.25, -0.2) is 8.42 Å². The van der Waals surface area contributed by atoms with Crippen molar-refractivity contribution in [3.8, 4) is 11.8 Å². The number of halogens is 3. The van der Waals surface area contributed by atoms with E-state index in [0.29, 0.717) is 32.5 Å². The molecular formula is C19H23F3N2O2S. The molecule has 1 aliphatic heterocycles. The Balaban J connectivity index is 1.96. The van der Waals surface area contributed by atoms with E-state index in [4.69, 9.17) is 0 Å². The first-order valence-corrected chi connectivity index (χ1v) is 10.0. The first-order chi connectivity index (χ1) is 12.6. The fourth-order valence-electron chi connectivity index (χ4n) is 2.82. The molecule has 2 rings (SSSR count). The standard InChI is InChI=1S/C19H23F3N2O2S/c1-3-12-23(2)13-4-5-16-10-14-24(15-11-16)27(25,26)18-8-6-17(7-9-18)19(20,21)22/h3,6-9,16H,1,10-15H2,2H3. The van der Waals surface area contributed by atoms with Crippen LogP contribution in [0.4, 0.5) is 13.2 Å². The summed E-state index contributed by atoms with van der Waals surface area (Å²) in [6, 6.07) is 3.62. The highest BCUT2D eigenvalue weighted by Gasteiger charge is 2.32. The molecule has 1 aromatic carbocycles. The summed E-state index contributed by atoms with van der Waals surface area (Å²) in [5.41, 5.74) is -0.864. The van der Waals surface area contributed by atoms with Crippen molar-refractivity contribution in [2.24, 2.45) is 5.92 Å². The quantitative estimate of drug-likeness (QED) is 0.563. The molecule has 0 aromatic heterocycles. The van der Waals surface area contributed by atoms with Crippen LogP contribution in [0.1, 0.15) is 18.4 Å². The van der Waals surface area contributed by atoms with Crippen molar-refractivity contribution in [2.75, 3.05) is 33.2 Å². The van der Waals surface area contributed by atoms with Crippen molar-refractivity contribution >= 4 is 10.0 Å². The lowest BCUT2D eigenvalue weighted by Gasteiger charge is -2.29. The fourth-order valence-corrected chi connectivity index (χ4v) is 4.29. The van der Waals surface area contributed by atoms with E-state index in [1.54, 1.807) is 6.08 Å². The van der Waals surface area contributed by atoms with E-state index in [2.05, 4.69) is 18.4 Å². The maximum Gasteiger partial charge on any atom is 0.416 e. The van der Waals surface area contributed by atoms with Gasteiger partial charge in [-0.2, -0.15) is 17.5 Å². The summed E-state index contributed by atoms with van der Waals surface area (Å²) in [5.74, 6) is 6.40. The van der Waals surface area contributed by atoms with Crippen LogP contribution in [0.5, 0.6) is 0 Å². The topological polar surface area (TPSA) is 40.6 Å². The fraction of sp³-hybridized carbons (Fsp3) is 0.474. The summed E-state index contributed by atoms with van der Waals surface area (Å²) in [7, 11) is -1.85. The van der Waals surface area contributed by atoms with Crippen molar-refractivity contribution < 1.29 is 21.6 Å². The number of hydrogen-bond acceptors (Lipinski definition) is 3.